The van der Waals surface area contributed by atoms with Crippen LogP contribution in [0, 0.1) is 0 Å². The lowest BCUT2D eigenvalue weighted by Crippen LogP contribution is -2.13. The first-order valence-corrected chi connectivity index (χ1v) is 5.78. The van der Waals surface area contributed by atoms with E-state index in [-0.39, 0.29) is 11.5 Å². The van der Waals surface area contributed by atoms with E-state index in [9.17, 15) is 9.59 Å². The van der Waals surface area contributed by atoms with Crippen LogP contribution >= 0.6 is 0 Å². The number of aromatic carboxylic acids is 1. The third-order valence-electron chi connectivity index (χ3n) is 2.47. The van der Waals surface area contributed by atoms with Gasteiger partial charge in [-0.1, -0.05) is 0 Å². The number of carboxylic acids is 1. The zero-order valence-electron chi connectivity index (χ0n) is 10.9. The molecule has 0 saturated heterocycles. The minimum Gasteiger partial charge on any atom is -0.495 e. The van der Waals surface area contributed by atoms with Crippen LogP contribution in [0.4, 0.5) is 5.69 Å². The standard InChI is InChI=1S/C13H17NO5/c1-18-7-3-4-12(15)14-10-6-5-9(13(16)17)8-11(10)19-2/h5-6,8H,3-4,7H2,1-2H3,(H,14,15)(H,16,17). The lowest BCUT2D eigenvalue weighted by Gasteiger charge is -2.10. The van der Waals surface area contributed by atoms with Crippen molar-refractivity contribution in [3.63, 3.8) is 0 Å². The van der Waals surface area contributed by atoms with E-state index in [4.69, 9.17) is 14.6 Å². The van der Waals surface area contributed by atoms with Gasteiger partial charge in [0.1, 0.15) is 5.75 Å². The Balaban J connectivity index is 2.72. The second-order valence-corrected chi connectivity index (χ2v) is 3.86. The molecule has 0 bridgehead atoms. The molecule has 104 valence electrons. The average molecular weight is 267 g/mol. The largest absolute Gasteiger partial charge is 0.495 e. The summed E-state index contributed by atoms with van der Waals surface area (Å²) in [6.45, 7) is 0.516. The molecule has 6 nitrogen and oxygen atoms in total. The Morgan fingerprint density at radius 1 is 1.32 bits per heavy atom. The van der Waals surface area contributed by atoms with E-state index in [1.807, 2.05) is 0 Å². The van der Waals surface area contributed by atoms with Gasteiger partial charge in [0.15, 0.2) is 0 Å². The number of hydrogen-bond acceptors (Lipinski definition) is 4. The predicted molar refractivity (Wildman–Crippen MR) is 69.7 cm³/mol. The third-order valence-corrected chi connectivity index (χ3v) is 2.47. The first-order chi connectivity index (χ1) is 9.08. The van der Waals surface area contributed by atoms with Gasteiger partial charge in [-0.2, -0.15) is 0 Å². The molecule has 1 rings (SSSR count). The van der Waals surface area contributed by atoms with Crippen LogP contribution in [-0.2, 0) is 9.53 Å². The molecule has 0 aliphatic rings. The zero-order valence-corrected chi connectivity index (χ0v) is 10.9. The second-order valence-electron chi connectivity index (χ2n) is 3.86. The van der Waals surface area contributed by atoms with Crippen molar-refractivity contribution in [1.29, 1.82) is 0 Å². The quantitative estimate of drug-likeness (QED) is 0.735. The fourth-order valence-electron chi connectivity index (χ4n) is 1.52. The van der Waals surface area contributed by atoms with Gasteiger partial charge in [-0.15, -0.1) is 0 Å². The number of benzene rings is 1. The summed E-state index contributed by atoms with van der Waals surface area (Å²) in [7, 11) is 2.99. The Hall–Kier alpha value is -2.08. The van der Waals surface area contributed by atoms with Crippen LogP contribution in [0.5, 0.6) is 5.75 Å². The maximum atomic E-state index is 11.6. The van der Waals surface area contributed by atoms with E-state index in [2.05, 4.69) is 5.32 Å². The Kier molecular flexibility index (Phi) is 5.81. The van der Waals surface area contributed by atoms with Crippen LogP contribution in [-0.4, -0.2) is 37.8 Å². The van der Waals surface area contributed by atoms with Crippen molar-refractivity contribution in [2.24, 2.45) is 0 Å². The van der Waals surface area contributed by atoms with Crippen LogP contribution in [0.3, 0.4) is 0 Å². The molecule has 0 radical (unpaired) electrons. The molecule has 0 aliphatic carbocycles. The molecular formula is C13H17NO5. The SMILES string of the molecule is COCCCC(=O)Nc1ccc(C(=O)O)cc1OC. The van der Waals surface area contributed by atoms with Gasteiger partial charge >= 0.3 is 5.97 Å². The molecule has 1 aromatic carbocycles. The van der Waals surface area contributed by atoms with Crippen LogP contribution in [0.1, 0.15) is 23.2 Å². The number of hydrogen-bond donors (Lipinski definition) is 2. The van der Waals surface area contributed by atoms with E-state index < -0.39 is 5.97 Å². The number of carbonyl (C=O) groups is 2. The molecule has 2 N–H and O–H groups in total. The van der Waals surface area contributed by atoms with Gasteiger partial charge in [0.25, 0.3) is 0 Å². The van der Waals surface area contributed by atoms with Gasteiger partial charge in [-0.3, -0.25) is 4.79 Å². The van der Waals surface area contributed by atoms with Crippen LogP contribution in [0.2, 0.25) is 0 Å². The van der Waals surface area contributed by atoms with Crippen molar-refractivity contribution < 1.29 is 24.2 Å². The molecule has 0 spiro atoms. The minimum atomic E-state index is -1.05. The van der Waals surface area contributed by atoms with Crippen LogP contribution in [0.15, 0.2) is 18.2 Å². The Morgan fingerprint density at radius 3 is 2.63 bits per heavy atom. The lowest BCUT2D eigenvalue weighted by atomic mass is 10.2. The Morgan fingerprint density at radius 2 is 2.05 bits per heavy atom. The number of amides is 1. The molecule has 0 atom stereocenters. The number of carbonyl (C=O) groups excluding carboxylic acids is 1. The minimum absolute atomic E-state index is 0.106. The number of nitrogens with one attached hydrogen (secondary N) is 1. The number of rotatable bonds is 7. The number of ether oxygens (including phenoxy) is 2. The van der Waals surface area contributed by atoms with Crippen molar-refractivity contribution in [3.8, 4) is 5.75 Å². The molecule has 1 aromatic rings. The molecule has 19 heavy (non-hydrogen) atoms. The monoisotopic (exact) mass is 267 g/mol. The van der Waals surface area contributed by atoms with Gasteiger partial charge in [-0.25, -0.2) is 4.79 Å². The lowest BCUT2D eigenvalue weighted by molar-refractivity contribution is -0.116. The summed E-state index contributed by atoms with van der Waals surface area (Å²) in [5.41, 5.74) is 0.559. The Labute approximate surface area is 111 Å². The van der Waals surface area contributed by atoms with Crippen molar-refractivity contribution in [3.05, 3.63) is 23.8 Å². The fourth-order valence-corrected chi connectivity index (χ4v) is 1.52. The van der Waals surface area contributed by atoms with Crippen molar-refractivity contribution in [2.75, 3.05) is 26.1 Å². The average Bonchev–Trinajstić information content (AvgIpc) is 2.39. The summed E-state index contributed by atoms with van der Waals surface area (Å²) in [5.74, 6) is -0.894. The highest BCUT2D eigenvalue weighted by molar-refractivity contribution is 5.94. The summed E-state index contributed by atoms with van der Waals surface area (Å²) in [6.07, 6.45) is 0.954. The topological polar surface area (TPSA) is 84.9 Å². The molecule has 0 heterocycles. The number of methoxy groups -OCH3 is 2. The van der Waals surface area contributed by atoms with Crippen molar-refractivity contribution >= 4 is 17.6 Å². The smallest absolute Gasteiger partial charge is 0.335 e. The van der Waals surface area contributed by atoms with Gasteiger partial charge in [0.05, 0.1) is 18.4 Å². The van der Waals surface area contributed by atoms with Crippen LogP contribution in [0.25, 0.3) is 0 Å². The van der Waals surface area contributed by atoms with Crippen molar-refractivity contribution in [2.45, 2.75) is 12.8 Å². The van der Waals surface area contributed by atoms with E-state index in [0.717, 1.165) is 0 Å². The summed E-state index contributed by atoms with van der Waals surface area (Å²) in [5, 5.41) is 11.5. The van der Waals surface area contributed by atoms with Crippen LogP contribution < -0.4 is 10.1 Å². The van der Waals surface area contributed by atoms with E-state index in [0.29, 0.717) is 30.9 Å². The fraction of sp³-hybridized carbons (Fsp3) is 0.385. The molecule has 0 aliphatic heterocycles. The molecule has 0 unspecified atom stereocenters. The third kappa shape index (κ3) is 4.59. The molecule has 0 aromatic heterocycles. The zero-order chi connectivity index (χ0) is 14.3. The normalized spacial score (nSPS) is 10.0. The first-order valence-electron chi connectivity index (χ1n) is 5.78. The first kappa shape index (κ1) is 15.0. The highest BCUT2D eigenvalue weighted by Gasteiger charge is 2.11. The van der Waals surface area contributed by atoms with E-state index >= 15 is 0 Å². The molecule has 0 fully saturated rings. The van der Waals surface area contributed by atoms with E-state index in [1.165, 1.54) is 25.3 Å². The van der Waals surface area contributed by atoms with Gasteiger partial charge in [-0.05, 0) is 24.6 Å². The molecule has 0 saturated carbocycles. The van der Waals surface area contributed by atoms with Gasteiger partial charge in [0.2, 0.25) is 5.91 Å². The summed E-state index contributed by atoms with van der Waals surface area (Å²) < 4.78 is 9.92. The summed E-state index contributed by atoms with van der Waals surface area (Å²) >= 11 is 0. The van der Waals surface area contributed by atoms with Gasteiger partial charge in [0, 0.05) is 20.1 Å². The highest BCUT2D eigenvalue weighted by Crippen LogP contribution is 2.25. The second kappa shape index (κ2) is 7.38. The number of anilines is 1. The summed E-state index contributed by atoms with van der Waals surface area (Å²) in [4.78, 5) is 22.5. The number of carboxylic acid groups (broad SMARTS) is 1. The molecule has 6 heteroatoms. The maximum Gasteiger partial charge on any atom is 0.335 e. The maximum absolute atomic E-state index is 11.6. The van der Waals surface area contributed by atoms with Crippen molar-refractivity contribution in [1.82, 2.24) is 0 Å². The summed E-state index contributed by atoms with van der Waals surface area (Å²) in [6, 6.07) is 4.29. The molecular weight excluding hydrogens is 250 g/mol. The van der Waals surface area contributed by atoms with Gasteiger partial charge < -0.3 is 19.9 Å². The van der Waals surface area contributed by atoms with E-state index in [1.54, 1.807) is 7.11 Å². The highest BCUT2D eigenvalue weighted by atomic mass is 16.5. The predicted octanol–water partition coefficient (Wildman–Crippen LogP) is 1.76. The molecule has 1 amide bonds. The Bertz CT molecular complexity index is 458.